The van der Waals surface area contributed by atoms with Gasteiger partial charge >= 0.3 is 5.97 Å². The first-order valence-corrected chi connectivity index (χ1v) is 9.09. The van der Waals surface area contributed by atoms with Crippen LogP contribution >= 0.6 is 11.6 Å². The number of anilines is 2. The Morgan fingerprint density at radius 2 is 1.97 bits per heavy atom. The van der Waals surface area contributed by atoms with Gasteiger partial charge in [-0.15, -0.1) is 0 Å². The minimum Gasteiger partial charge on any atom is -0.459 e. The number of fused-ring (bicyclic) bond motifs is 1. The van der Waals surface area contributed by atoms with Gasteiger partial charge in [0, 0.05) is 18.0 Å². The van der Waals surface area contributed by atoms with E-state index in [1.54, 1.807) is 45.8 Å². The summed E-state index contributed by atoms with van der Waals surface area (Å²) in [6.45, 7) is 0.347. The first kappa shape index (κ1) is 18.8. The number of rotatable bonds is 6. The molecule has 146 valence electrons. The summed E-state index contributed by atoms with van der Waals surface area (Å²) < 4.78 is 20.4. The lowest BCUT2D eigenvalue weighted by Crippen LogP contribution is -2.25. The number of hydrogen-bond donors (Lipinski definition) is 0. The maximum Gasteiger partial charge on any atom is 0.357 e. The van der Waals surface area contributed by atoms with E-state index in [0.717, 1.165) is 0 Å². The summed E-state index contributed by atoms with van der Waals surface area (Å²) in [6.07, 6.45) is 4.55. The number of carbonyl (C=O) groups excluding carboxylic acids is 1. The fourth-order valence-corrected chi connectivity index (χ4v) is 3.00. The van der Waals surface area contributed by atoms with Crippen LogP contribution in [-0.4, -0.2) is 38.5 Å². The Balaban J connectivity index is 1.51. The normalized spacial score (nSPS) is 10.8. The van der Waals surface area contributed by atoms with Crippen LogP contribution in [0.3, 0.4) is 0 Å². The van der Waals surface area contributed by atoms with E-state index in [0.29, 0.717) is 22.8 Å². The molecule has 7 nitrogen and oxygen atoms in total. The molecule has 4 rings (SSSR count). The van der Waals surface area contributed by atoms with Crippen molar-refractivity contribution in [3.05, 3.63) is 83.9 Å². The number of pyridine rings is 1. The molecule has 0 aliphatic heterocycles. The Labute approximate surface area is 170 Å². The monoisotopic (exact) mass is 411 g/mol. The van der Waals surface area contributed by atoms with E-state index < -0.39 is 5.97 Å². The highest BCUT2D eigenvalue weighted by Crippen LogP contribution is 2.24. The van der Waals surface area contributed by atoms with Crippen LogP contribution < -0.4 is 4.90 Å². The van der Waals surface area contributed by atoms with Gasteiger partial charge in [0.05, 0.1) is 12.7 Å². The molecule has 0 bridgehead atoms. The van der Waals surface area contributed by atoms with Gasteiger partial charge in [-0.3, -0.25) is 4.40 Å². The van der Waals surface area contributed by atoms with E-state index in [1.165, 1.54) is 24.7 Å². The average molecular weight is 412 g/mol. The number of ether oxygens (including phenoxy) is 1. The third-order valence-electron chi connectivity index (χ3n) is 4.21. The highest BCUT2D eigenvalue weighted by atomic mass is 35.5. The molecule has 0 saturated carbocycles. The fourth-order valence-electron chi connectivity index (χ4n) is 2.86. The summed E-state index contributed by atoms with van der Waals surface area (Å²) in [5, 5.41) is 0.268. The van der Waals surface area contributed by atoms with Gasteiger partial charge in [-0.05, 0) is 36.4 Å². The molecule has 0 N–H and O–H groups in total. The van der Waals surface area contributed by atoms with Crippen LogP contribution in [0.25, 0.3) is 5.65 Å². The maximum absolute atomic E-state index is 13.3. The molecule has 0 fully saturated rings. The van der Waals surface area contributed by atoms with Crippen molar-refractivity contribution in [3.8, 4) is 0 Å². The van der Waals surface area contributed by atoms with Crippen molar-refractivity contribution in [2.24, 2.45) is 0 Å². The summed E-state index contributed by atoms with van der Waals surface area (Å²) in [5.74, 6) is -0.348. The van der Waals surface area contributed by atoms with Crippen molar-refractivity contribution in [3.63, 3.8) is 0 Å². The lowest BCUT2D eigenvalue weighted by Gasteiger charge is -2.23. The minimum atomic E-state index is -0.497. The molecular formula is C20H15ClFN5O2. The highest BCUT2D eigenvalue weighted by molar-refractivity contribution is 6.29. The predicted octanol–water partition coefficient (Wildman–Crippen LogP) is 3.91. The Bertz CT molecular complexity index is 1150. The molecule has 0 spiro atoms. The van der Waals surface area contributed by atoms with Gasteiger partial charge in [0.1, 0.15) is 35.4 Å². The highest BCUT2D eigenvalue weighted by Gasteiger charge is 2.16. The third kappa shape index (κ3) is 4.17. The molecule has 29 heavy (non-hydrogen) atoms. The average Bonchev–Trinajstić information content (AvgIpc) is 3.16. The van der Waals surface area contributed by atoms with Crippen LogP contribution in [0.4, 0.5) is 15.9 Å². The van der Waals surface area contributed by atoms with Crippen LogP contribution in [0.1, 0.15) is 10.5 Å². The van der Waals surface area contributed by atoms with Gasteiger partial charge < -0.3 is 9.64 Å². The summed E-state index contributed by atoms with van der Waals surface area (Å²) in [4.78, 5) is 26.5. The molecule has 0 saturated heterocycles. The third-order valence-corrected chi connectivity index (χ3v) is 4.42. The van der Waals surface area contributed by atoms with Crippen molar-refractivity contribution < 1.29 is 13.9 Å². The SMILES string of the molecule is O=C(OCCN(c1ccc(F)cc1)c1cc(Cl)ncn1)c1cnc2ccccn12. The van der Waals surface area contributed by atoms with E-state index in [1.807, 2.05) is 6.07 Å². The number of aromatic nitrogens is 4. The van der Waals surface area contributed by atoms with Crippen LogP contribution in [0.2, 0.25) is 5.15 Å². The molecule has 9 heteroatoms. The Morgan fingerprint density at radius 3 is 2.76 bits per heavy atom. The summed E-state index contributed by atoms with van der Waals surface area (Å²) >= 11 is 5.98. The smallest absolute Gasteiger partial charge is 0.357 e. The van der Waals surface area contributed by atoms with Crippen LogP contribution in [0.5, 0.6) is 0 Å². The van der Waals surface area contributed by atoms with Crippen molar-refractivity contribution in [1.82, 2.24) is 19.4 Å². The molecule has 0 radical (unpaired) electrons. The summed E-state index contributed by atoms with van der Waals surface area (Å²) in [5.41, 5.74) is 1.66. The second-order valence-corrected chi connectivity index (χ2v) is 6.42. The first-order valence-electron chi connectivity index (χ1n) is 8.72. The zero-order valence-electron chi connectivity index (χ0n) is 15.1. The number of carbonyl (C=O) groups is 1. The van der Waals surface area contributed by atoms with E-state index in [9.17, 15) is 9.18 Å². The number of benzene rings is 1. The first-order chi connectivity index (χ1) is 14.1. The molecule has 3 aromatic heterocycles. The molecule has 3 heterocycles. The molecule has 1 aromatic carbocycles. The zero-order valence-corrected chi connectivity index (χ0v) is 15.8. The lowest BCUT2D eigenvalue weighted by molar-refractivity contribution is 0.0508. The molecule has 0 aliphatic rings. The molecule has 4 aromatic rings. The maximum atomic E-state index is 13.3. The van der Waals surface area contributed by atoms with E-state index in [2.05, 4.69) is 15.0 Å². The van der Waals surface area contributed by atoms with Gasteiger partial charge in [-0.1, -0.05) is 17.7 Å². The molecule has 0 unspecified atom stereocenters. The van der Waals surface area contributed by atoms with Crippen molar-refractivity contribution in [1.29, 1.82) is 0 Å². The number of imidazole rings is 1. The second-order valence-electron chi connectivity index (χ2n) is 6.04. The minimum absolute atomic E-state index is 0.0674. The zero-order chi connectivity index (χ0) is 20.2. The van der Waals surface area contributed by atoms with E-state index in [4.69, 9.17) is 16.3 Å². The second kappa shape index (κ2) is 8.24. The van der Waals surface area contributed by atoms with Gasteiger partial charge in [-0.2, -0.15) is 0 Å². The van der Waals surface area contributed by atoms with Crippen LogP contribution in [-0.2, 0) is 4.74 Å². The fraction of sp³-hybridized carbons (Fsp3) is 0.100. The number of hydrogen-bond acceptors (Lipinski definition) is 6. The molecule has 0 atom stereocenters. The topological polar surface area (TPSA) is 72.6 Å². The predicted molar refractivity (Wildman–Crippen MR) is 106 cm³/mol. The Hall–Kier alpha value is -3.52. The van der Waals surface area contributed by atoms with Crippen molar-refractivity contribution >= 4 is 34.7 Å². The van der Waals surface area contributed by atoms with Gasteiger partial charge in [0.25, 0.3) is 0 Å². The van der Waals surface area contributed by atoms with Crippen molar-refractivity contribution in [2.75, 3.05) is 18.1 Å². The van der Waals surface area contributed by atoms with Crippen LogP contribution in [0, 0.1) is 5.82 Å². The molecule has 0 amide bonds. The summed E-state index contributed by atoms with van der Waals surface area (Å²) in [7, 11) is 0. The number of halogens is 2. The van der Waals surface area contributed by atoms with E-state index in [-0.39, 0.29) is 24.1 Å². The standard InChI is InChI=1S/C20H15ClFN5O2/c21-17-11-19(25-13-24-17)26(15-6-4-14(22)5-7-15)9-10-29-20(28)16-12-23-18-3-1-2-8-27(16)18/h1-8,11-13H,9-10H2. The van der Waals surface area contributed by atoms with Gasteiger partial charge in [0.2, 0.25) is 0 Å². The van der Waals surface area contributed by atoms with Gasteiger partial charge in [-0.25, -0.2) is 24.1 Å². The number of nitrogens with zero attached hydrogens (tertiary/aromatic N) is 5. The van der Waals surface area contributed by atoms with Crippen molar-refractivity contribution in [2.45, 2.75) is 0 Å². The number of esters is 1. The van der Waals surface area contributed by atoms with Crippen LogP contribution in [0.15, 0.2) is 67.3 Å². The Morgan fingerprint density at radius 1 is 1.14 bits per heavy atom. The van der Waals surface area contributed by atoms with E-state index >= 15 is 0 Å². The largest absolute Gasteiger partial charge is 0.459 e. The van der Waals surface area contributed by atoms with Gasteiger partial charge in [0.15, 0.2) is 5.69 Å². The Kier molecular flexibility index (Phi) is 5.35. The molecule has 0 aliphatic carbocycles. The summed E-state index contributed by atoms with van der Waals surface area (Å²) in [6, 6.07) is 12.9. The molecular weight excluding hydrogens is 397 g/mol. The quantitative estimate of drug-likeness (QED) is 0.354. The lowest BCUT2D eigenvalue weighted by atomic mass is 10.2.